The third-order valence-electron chi connectivity index (χ3n) is 3.89. The van der Waals surface area contributed by atoms with E-state index in [1.165, 1.54) is 0 Å². The second-order valence-corrected chi connectivity index (χ2v) is 7.38. The number of halogens is 1. The van der Waals surface area contributed by atoms with E-state index in [0.29, 0.717) is 35.1 Å². The molecule has 0 fully saturated rings. The zero-order valence-corrected chi connectivity index (χ0v) is 15.2. The first-order valence-corrected chi connectivity index (χ1v) is 8.53. The molecule has 0 unspecified atom stereocenters. The minimum atomic E-state index is -0.544. The number of carbonyl (C=O) groups excluding carboxylic acids is 1. The first kappa shape index (κ1) is 16.0. The lowest BCUT2D eigenvalue weighted by molar-refractivity contribution is 0.0591. The molecule has 0 N–H and O–H groups in total. The van der Waals surface area contributed by atoms with Gasteiger partial charge in [0.1, 0.15) is 5.60 Å². The molecule has 126 valence electrons. The summed E-state index contributed by atoms with van der Waals surface area (Å²) >= 11 is 3.39. The molecule has 3 aromatic rings. The molecule has 0 aliphatic carbocycles. The van der Waals surface area contributed by atoms with E-state index in [0.717, 1.165) is 10.0 Å². The molecule has 0 saturated heterocycles. The van der Waals surface area contributed by atoms with Crippen LogP contribution in [-0.2, 0) is 0 Å². The van der Waals surface area contributed by atoms with E-state index < -0.39 is 5.60 Å². The van der Waals surface area contributed by atoms with Crippen LogP contribution in [0.4, 0.5) is 0 Å². The van der Waals surface area contributed by atoms with Crippen LogP contribution in [0, 0.1) is 0 Å². The monoisotopic (exact) mass is 399 g/mol. The van der Waals surface area contributed by atoms with Crippen LogP contribution in [-0.4, -0.2) is 26.5 Å². The molecule has 0 bridgehead atoms. The second kappa shape index (κ2) is 5.77. The van der Waals surface area contributed by atoms with Gasteiger partial charge < -0.3 is 9.26 Å². The predicted octanol–water partition coefficient (Wildman–Crippen LogP) is 4.30. The van der Waals surface area contributed by atoms with Gasteiger partial charge in [-0.2, -0.15) is 4.98 Å². The van der Waals surface area contributed by atoms with Gasteiger partial charge in [0.25, 0.3) is 5.89 Å². The van der Waals surface area contributed by atoms with Crippen LogP contribution in [0.25, 0.3) is 22.8 Å². The number of nitrogens with zero attached hydrogens (tertiary/aromatic N) is 3. The normalized spacial score (nSPS) is 15.6. The number of hydrogen-bond acceptors (Lipinski definition) is 6. The number of benzene rings is 1. The Morgan fingerprint density at radius 2 is 1.92 bits per heavy atom. The first-order chi connectivity index (χ1) is 11.9. The van der Waals surface area contributed by atoms with Gasteiger partial charge in [0.2, 0.25) is 11.7 Å². The molecule has 1 aliphatic rings. The molecule has 0 saturated carbocycles. The fourth-order valence-electron chi connectivity index (χ4n) is 2.69. The van der Waals surface area contributed by atoms with Crippen molar-refractivity contribution in [2.75, 3.05) is 0 Å². The number of ether oxygens (including phenoxy) is 1. The van der Waals surface area contributed by atoms with Crippen LogP contribution in [0.1, 0.15) is 30.6 Å². The summed E-state index contributed by atoms with van der Waals surface area (Å²) in [7, 11) is 0. The van der Waals surface area contributed by atoms with Gasteiger partial charge in [0, 0.05) is 16.2 Å². The highest BCUT2D eigenvalue weighted by atomic mass is 79.9. The smallest absolute Gasteiger partial charge is 0.259 e. The number of Topliss-reactive ketones (excluding diaryl/α,β-unsaturated/α-hetero) is 1. The number of aromatic nitrogens is 3. The van der Waals surface area contributed by atoms with Crippen LogP contribution in [0.2, 0.25) is 0 Å². The molecule has 25 heavy (non-hydrogen) atoms. The zero-order chi connectivity index (χ0) is 17.6. The van der Waals surface area contributed by atoms with Crippen molar-refractivity contribution in [2.45, 2.75) is 25.9 Å². The van der Waals surface area contributed by atoms with Crippen LogP contribution in [0.15, 0.2) is 45.5 Å². The lowest BCUT2D eigenvalue weighted by Gasteiger charge is -2.30. The highest BCUT2D eigenvalue weighted by Gasteiger charge is 2.33. The number of rotatable bonds is 2. The maximum absolute atomic E-state index is 12.4. The maximum atomic E-state index is 12.4. The molecule has 0 atom stereocenters. The summed E-state index contributed by atoms with van der Waals surface area (Å²) in [6, 6.07) is 9.29. The number of fused-ring (bicyclic) bond motifs is 1. The zero-order valence-electron chi connectivity index (χ0n) is 13.6. The van der Waals surface area contributed by atoms with Gasteiger partial charge >= 0.3 is 0 Å². The summed E-state index contributed by atoms with van der Waals surface area (Å²) in [6.07, 6.45) is 1.88. The summed E-state index contributed by atoms with van der Waals surface area (Å²) in [5.74, 6) is 1.13. The van der Waals surface area contributed by atoms with Crippen molar-refractivity contribution < 1.29 is 14.1 Å². The molecule has 0 spiro atoms. The Bertz CT molecular complexity index is 964. The van der Waals surface area contributed by atoms with E-state index in [1.54, 1.807) is 12.3 Å². The van der Waals surface area contributed by atoms with Gasteiger partial charge in [-0.25, -0.2) is 4.98 Å². The van der Waals surface area contributed by atoms with Crippen molar-refractivity contribution in [1.82, 2.24) is 15.1 Å². The molecule has 6 nitrogen and oxygen atoms in total. The quantitative estimate of drug-likeness (QED) is 0.638. The lowest BCUT2D eigenvalue weighted by atomic mass is 9.94. The van der Waals surface area contributed by atoms with E-state index in [9.17, 15) is 4.79 Å². The number of carbonyl (C=O) groups is 1. The average Bonchev–Trinajstić information content (AvgIpc) is 3.04. The van der Waals surface area contributed by atoms with Gasteiger partial charge in [0.15, 0.2) is 5.78 Å². The molecular formula is C18H14BrN3O3. The third kappa shape index (κ3) is 3.07. The molecule has 0 amide bonds. The van der Waals surface area contributed by atoms with Crippen LogP contribution < -0.4 is 4.74 Å². The van der Waals surface area contributed by atoms with Gasteiger partial charge in [-0.05, 0) is 44.2 Å². The Morgan fingerprint density at radius 3 is 2.68 bits per heavy atom. The molecule has 1 aliphatic heterocycles. The molecule has 4 rings (SSSR count). The number of pyridine rings is 1. The van der Waals surface area contributed by atoms with Crippen LogP contribution >= 0.6 is 15.9 Å². The first-order valence-electron chi connectivity index (χ1n) is 7.74. The molecule has 1 aromatic carbocycles. The minimum absolute atomic E-state index is 0.00625. The average molecular weight is 400 g/mol. The van der Waals surface area contributed by atoms with E-state index in [1.807, 2.05) is 38.1 Å². The Labute approximate surface area is 152 Å². The van der Waals surface area contributed by atoms with Crippen molar-refractivity contribution in [2.24, 2.45) is 0 Å². The predicted molar refractivity (Wildman–Crippen MR) is 94.3 cm³/mol. The Kier molecular flexibility index (Phi) is 3.68. The number of ketones is 1. The van der Waals surface area contributed by atoms with Gasteiger partial charge in [0.05, 0.1) is 17.5 Å². The van der Waals surface area contributed by atoms with E-state index in [2.05, 4.69) is 31.1 Å². The highest BCUT2D eigenvalue weighted by molar-refractivity contribution is 9.10. The van der Waals surface area contributed by atoms with Crippen LogP contribution in [0.3, 0.4) is 0 Å². The van der Waals surface area contributed by atoms with Gasteiger partial charge in [-0.3, -0.25) is 4.79 Å². The highest BCUT2D eigenvalue weighted by Crippen LogP contribution is 2.33. The van der Waals surface area contributed by atoms with Crippen molar-refractivity contribution in [3.05, 3.63) is 46.6 Å². The fourth-order valence-corrected chi connectivity index (χ4v) is 2.95. The van der Waals surface area contributed by atoms with Crippen LogP contribution in [0.5, 0.6) is 5.88 Å². The maximum Gasteiger partial charge on any atom is 0.259 e. The fraction of sp³-hybridized carbons (Fsp3) is 0.222. The minimum Gasteiger partial charge on any atom is -0.471 e. The largest absolute Gasteiger partial charge is 0.471 e. The van der Waals surface area contributed by atoms with Gasteiger partial charge in [-0.15, -0.1) is 0 Å². The SMILES string of the molecule is CC1(C)CC(=O)c2cc(-c3nc(-c4ccc(Br)cc4)no3)cnc2O1. The van der Waals surface area contributed by atoms with Gasteiger partial charge in [-0.1, -0.05) is 21.1 Å². The van der Waals surface area contributed by atoms with Crippen molar-refractivity contribution in [3.8, 4) is 28.7 Å². The third-order valence-corrected chi connectivity index (χ3v) is 4.41. The summed E-state index contributed by atoms with van der Waals surface area (Å²) in [5.41, 5.74) is 1.33. The van der Waals surface area contributed by atoms with Crippen molar-refractivity contribution in [3.63, 3.8) is 0 Å². The summed E-state index contributed by atoms with van der Waals surface area (Å²) in [5, 5.41) is 4.00. The van der Waals surface area contributed by atoms with Crippen molar-refractivity contribution in [1.29, 1.82) is 0 Å². The standard InChI is InChI=1S/C18H14BrN3O3/c1-18(2)8-14(23)13-7-11(9-20-17(13)24-18)16-21-15(22-25-16)10-3-5-12(19)6-4-10/h3-7,9H,8H2,1-2H3. The molecule has 0 radical (unpaired) electrons. The number of hydrogen-bond donors (Lipinski definition) is 0. The molecule has 2 aromatic heterocycles. The van der Waals surface area contributed by atoms with E-state index in [4.69, 9.17) is 9.26 Å². The molecule has 3 heterocycles. The summed E-state index contributed by atoms with van der Waals surface area (Å²) < 4.78 is 12.1. The molecular weight excluding hydrogens is 386 g/mol. The second-order valence-electron chi connectivity index (χ2n) is 6.47. The Hall–Kier alpha value is -2.54. The van der Waals surface area contributed by atoms with E-state index in [-0.39, 0.29) is 5.78 Å². The van der Waals surface area contributed by atoms with Crippen molar-refractivity contribution >= 4 is 21.7 Å². The van der Waals surface area contributed by atoms with E-state index >= 15 is 0 Å². The molecule has 7 heteroatoms. The lowest BCUT2D eigenvalue weighted by Crippen LogP contribution is -2.36. The summed E-state index contributed by atoms with van der Waals surface area (Å²) in [4.78, 5) is 21.0. The summed E-state index contributed by atoms with van der Waals surface area (Å²) in [6.45, 7) is 3.73. The Morgan fingerprint density at radius 1 is 1.16 bits per heavy atom. The topological polar surface area (TPSA) is 78.1 Å². The Balaban J connectivity index is 1.69.